The van der Waals surface area contributed by atoms with Crippen molar-refractivity contribution in [1.82, 2.24) is 4.90 Å². The lowest BCUT2D eigenvalue weighted by molar-refractivity contribution is -0.116. The molecule has 34 heavy (non-hydrogen) atoms. The van der Waals surface area contributed by atoms with E-state index in [9.17, 15) is 9.18 Å². The number of allylic oxidation sites excluding steroid dienone is 5. The summed E-state index contributed by atoms with van der Waals surface area (Å²) in [6.45, 7) is 12.1. The first-order chi connectivity index (χ1) is 16.3. The number of carbonyl (C=O) groups is 1. The van der Waals surface area contributed by atoms with E-state index >= 15 is 0 Å². The van der Waals surface area contributed by atoms with E-state index in [4.69, 9.17) is 4.74 Å². The van der Waals surface area contributed by atoms with Crippen molar-refractivity contribution in [1.29, 1.82) is 0 Å². The summed E-state index contributed by atoms with van der Waals surface area (Å²) in [5, 5.41) is 0. The van der Waals surface area contributed by atoms with E-state index in [1.54, 1.807) is 19.1 Å². The van der Waals surface area contributed by atoms with Crippen molar-refractivity contribution in [2.45, 2.75) is 59.5 Å². The Kier molecular flexibility index (Phi) is 13.7. The van der Waals surface area contributed by atoms with Crippen LogP contribution in [0.4, 0.5) is 10.1 Å². The maximum atomic E-state index is 13.2. The summed E-state index contributed by atoms with van der Waals surface area (Å²) in [6.07, 6.45) is 16.7. The number of benzene rings is 1. The molecule has 0 spiro atoms. The number of carbonyl (C=O) groups excluding carboxylic acids is 1. The molecule has 1 heterocycles. The fourth-order valence-corrected chi connectivity index (χ4v) is 3.91. The number of anilines is 1. The van der Waals surface area contributed by atoms with Gasteiger partial charge in [0.05, 0.1) is 0 Å². The molecule has 1 aromatic rings. The van der Waals surface area contributed by atoms with Crippen molar-refractivity contribution in [3.63, 3.8) is 0 Å². The Labute approximate surface area is 206 Å². The standard InChI is InChI=1S/C15H22FNO.C12H17NO.C2H2/c1-3-17-9-7-14(8-10-17)18-15-6-4-5-13(16)11-12(15)2;1-4-13(3)12-8-6-5-7-11(12)9-10(2)14;1-2/h5-6,11,14H,3-4,7-10H2,1-2H3;5-8H,4,9H2,1-3H3;1-2H. The number of likely N-dealkylation sites (tertiary alicyclic amines) is 1. The van der Waals surface area contributed by atoms with Crippen LogP contribution >= 0.6 is 0 Å². The number of Topliss-reactive ketones (excluding diaryl/α,β-unsaturated/α-hetero) is 1. The number of hydrogen-bond donors (Lipinski definition) is 0. The third kappa shape index (κ3) is 9.97. The third-order valence-electron chi connectivity index (χ3n) is 5.95. The van der Waals surface area contributed by atoms with Gasteiger partial charge in [0.2, 0.25) is 0 Å². The normalized spacial score (nSPS) is 16.3. The van der Waals surface area contributed by atoms with Crippen molar-refractivity contribution >= 4 is 11.5 Å². The van der Waals surface area contributed by atoms with Gasteiger partial charge in [-0.3, -0.25) is 4.79 Å². The maximum Gasteiger partial charge on any atom is 0.134 e. The predicted molar refractivity (Wildman–Crippen MR) is 142 cm³/mol. The zero-order valence-corrected chi connectivity index (χ0v) is 21.5. The van der Waals surface area contributed by atoms with Crippen molar-refractivity contribution in [3.8, 4) is 12.8 Å². The molecule has 1 aliphatic carbocycles. The van der Waals surface area contributed by atoms with E-state index in [2.05, 4.69) is 42.6 Å². The van der Waals surface area contributed by atoms with Crippen LogP contribution in [0.5, 0.6) is 0 Å². The number of rotatable bonds is 7. The minimum absolute atomic E-state index is 0.164. The van der Waals surface area contributed by atoms with Crippen LogP contribution in [0, 0.1) is 12.8 Å². The van der Waals surface area contributed by atoms with Crippen LogP contribution in [0.15, 0.2) is 59.7 Å². The Morgan fingerprint density at radius 1 is 1.18 bits per heavy atom. The van der Waals surface area contributed by atoms with E-state index in [0.717, 1.165) is 61.6 Å². The first kappa shape index (κ1) is 29.2. The summed E-state index contributed by atoms with van der Waals surface area (Å²) in [5.41, 5.74) is 3.16. The summed E-state index contributed by atoms with van der Waals surface area (Å²) in [5.74, 6) is 0.902. The molecular weight excluding hydrogens is 427 g/mol. The second kappa shape index (κ2) is 15.9. The van der Waals surface area contributed by atoms with Gasteiger partial charge in [-0.15, -0.1) is 12.8 Å². The highest BCUT2D eigenvalue weighted by Crippen LogP contribution is 2.24. The Morgan fingerprint density at radius 2 is 1.82 bits per heavy atom. The molecule has 0 saturated carbocycles. The average Bonchev–Trinajstić information content (AvgIpc) is 3.00. The van der Waals surface area contributed by atoms with E-state index in [1.165, 1.54) is 0 Å². The van der Waals surface area contributed by atoms with Crippen molar-refractivity contribution < 1.29 is 13.9 Å². The van der Waals surface area contributed by atoms with Crippen LogP contribution in [0.3, 0.4) is 0 Å². The second-order valence-corrected chi connectivity index (χ2v) is 8.49. The lowest BCUT2D eigenvalue weighted by atomic mass is 10.1. The Balaban J connectivity index is 0.000000326. The minimum atomic E-state index is -0.164. The molecule has 1 fully saturated rings. The van der Waals surface area contributed by atoms with Crippen molar-refractivity contribution in [2.24, 2.45) is 0 Å². The molecule has 4 nitrogen and oxygen atoms in total. The van der Waals surface area contributed by atoms with Crippen molar-refractivity contribution in [3.05, 3.63) is 65.2 Å². The Hall–Kier alpha value is -2.84. The van der Waals surface area contributed by atoms with E-state index in [1.807, 2.05) is 38.2 Å². The summed E-state index contributed by atoms with van der Waals surface area (Å²) in [4.78, 5) is 15.6. The van der Waals surface area contributed by atoms with Crippen molar-refractivity contribution in [2.75, 3.05) is 38.1 Å². The molecule has 0 unspecified atom stereocenters. The molecule has 1 aromatic carbocycles. The van der Waals surface area contributed by atoms with Crippen LogP contribution in [0.25, 0.3) is 0 Å². The van der Waals surface area contributed by atoms with Crippen LogP contribution in [0.1, 0.15) is 52.5 Å². The number of ether oxygens (including phenoxy) is 1. The summed E-state index contributed by atoms with van der Waals surface area (Å²) >= 11 is 0. The Bertz CT molecular complexity index is 877. The quantitative estimate of drug-likeness (QED) is 0.453. The van der Waals surface area contributed by atoms with Crippen LogP contribution in [-0.4, -0.2) is 50.0 Å². The highest BCUT2D eigenvalue weighted by molar-refractivity contribution is 5.80. The lowest BCUT2D eigenvalue weighted by Gasteiger charge is -2.32. The van der Waals surface area contributed by atoms with Crippen LogP contribution < -0.4 is 4.90 Å². The zero-order valence-electron chi connectivity index (χ0n) is 21.5. The van der Waals surface area contributed by atoms with Gasteiger partial charge in [-0.05, 0) is 82.0 Å². The number of para-hydroxylation sites is 1. The highest BCUT2D eigenvalue weighted by Gasteiger charge is 2.20. The van der Waals surface area contributed by atoms with Gasteiger partial charge in [0.15, 0.2) is 0 Å². The van der Waals surface area contributed by atoms with Gasteiger partial charge in [0.1, 0.15) is 23.5 Å². The second-order valence-electron chi connectivity index (χ2n) is 8.49. The monoisotopic (exact) mass is 468 g/mol. The molecule has 0 aromatic heterocycles. The number of terminal acetylenes is 1. The number of piperidine rings is 1. The lowest BCUT2D eigenvalue weighted by Crippen LogP contribution is -2.36. The van der Waals surface area contributed by atoms with Crippen LogP contribution in [0.2, 0.25) is 0 Å². The molecular formula is C29H41FN2O2. The molecule has 0 atom stereocenters. The molecule has 0 radical (unpaired) electrons. The van der Waals surface area contributed by atoms with Gasteiger partial charge in [0, 0.05) is 38.8 Å². The van der Waals surface area contributed by atoms with Gasteiger partial charge >= 0.3 is 0 Å². The Morgan fingerprint density at radius 3 is 2.41 bits per heavy atom. The summed E-state index contributed by atoms with van der Waals surface area (Å²) < 4.78 is 19.3. The number of hydrogen-bond acceptors (Lipinski definition) is 4. The van der Waals surface area contributed by atoms with Gasteiger partial charge < -0.3 is 14.5 Å². The molecule has 0 N–H and O–H groups in total. The predicted octanol–water partition coefficient (Wildman–Crippen LogP) is 6.10. The van der Waals surface area contributed by atoms with E-state index in [0.29, 0.717) is 12.8 Å². The molecule has 1 saturated heterocycles. The molecule has 3 rings (SSSR count). The van der Waals surface area contributed by atoms with E-state index in [-0.39, 0.29) is 17.7 Å². The zero-order chi connectivity index (χ0) is 25.5. The minimum Gasteiger partial charge on any atom is -0.490 e. The third-order valence-corrected chi connectivity index (χ3v) is 5.95. The van der Waals surface area contributed by atoms with Gasteiger partial charge in [-0.25, -0.2) is 4.39 Å². The van der Waals surface area contributed by atoms with Gasteiger partial charge in [-0.1, -0.05) is 25.1 Å². The van der Waals surface area contributed by atoms with Crippen LogP contribution in [-0.2, 0) is 16.0 Å². The van der Waals surface area contributed by atoms with E-state index < -0.39 is 0 Å². The first-order valence-electron chi connectivity index (χ1n) is 12.1. The summed E-state index contributed by atoms with van der Waals surface area (Å²) in [7, 11) is 2.04. The largest absolute Gasteiger partial charge is 0.490 e. The molecule has 0 amide bonds. The molecule has 0 bridgehead atoms. The molecule has 1 aliphatic heterocycles. The fraction of sp³-hybridized carbons (Fsp3) is 0.483. The number of nitrogens with zero attached hydrogens (tertiary/aromatic N) is 2. The topological polar surface area (TPSA) is 32.8 Å². The number of halogens is 1. The first-order valence-corrected chi connectivity index (χ1v) is 12.1. The fourth-order valence-electron chi connectivity index (χ4n) is 3.91. The highest BCUT2D eigenvalue weighted by atomic mass is 19.1. The molecule has 186 valence electrons. The average molecular weight is 469 g/mol. The summed E-state index contributed by atoms with van der Waals surface area (Å²) in [6, 6.07) is 8.06. The number of ketones is 1. The SMILES string of the molecule is C#C.CCN(C)c1ccccc1CC(C)=O.CCN1CCC(OC2=CCC=C(F)C=C2C)CC1. The van der Waals surface area contributed by atoms with Gasteiger partial charge in [-0.2, -0.15) is 0 Å². The van der Waals surface area contributed by atoms with Gasteiger partial charge in [0.25, 0.3) is 0 Å². The maximum absolute atomic E-state index is 13.2. The molecule has 2 aliphatic rings. The molecule has 5 heteroatoms. The smallest absolute Gasteiger partial charge is 0.134 e.